The molecule has 0 atom stereocenters. The highest BCUT2D eigenvalue weighted by atomic mass is 16.1. The second kappa shape index (κ2) is 5.88. The zero-order chi connectivity index (χ0) is 17.4. The van der Waals surface area contributed by atoms with Crippen LogP contribution in [0.1, 0.15) is 39.0 Å². The SMILES string of the molecule is CC(=O)c1c(C)[nH]c(C(=O)Cn2cnc3ccccc3c2=O)c1C. The van der Waals surface area contributed by atoms with Crippen LogP contribution in [-0.2, 0) is 6.54 Å². The Labute approximate surface area is 138 Å². The molecule has 24 heavy (non-hydrogen) atoms. The van der Waals surface area contributed by atoms with Crippen LogP contribution < -0.4 is 5.56 Å². The van der Waals surface area contributed by atoms with Crippen LogP contribution in [0.5, 0.6) is 0 Å². The number of H-pyrrole nitrogens is 1. The third-order valence-corrected chi connectivity index (χ3v) is 4.11. The average Bonchev–Trinajstić information content (AvgIpc) is 2.85. The van der Waals surface area contributed by atoms with Crippen molar-refractivity contribution in [3.05, 3.63) is 63.5 Å². The lowest BCUT2D eigenvalue weighted by Crippen LogP contribution is -2.25. The van der Waals surface area contributed by atoms with Crippen molar-refractivity contribution in [2.24, 2.45) is 0 Å². The van der Waals surface area contributed by atoms with E-state index in [1.807, 2.05) is 0 Å². The Morgan fingerprint density at radius 2 is 1.92 bits per heavy atom. The minimum atomic E-state index is -0.262. The number of Topliss-reactive ketones (excluding diaryl/α,β-unsaturated/α-hetero) is 2. The first-order chi connectivity index (χ1) is 11.4. The zero-order valence-electron chi connectivity index (χ0n) is 13.7. The molecular formula is C18H17N3O3. The van der Waals surface area contributed by atoms with E-state index in [9.17, 15) is 14.4 Å². The van der Waals surface area contributed by atoms with Gasteiger partial charge >= 0.3 is 0 Å². The van der Waals surface area contributed by atoms with Crippen LogP contribution in [0.4, 0.5) is 0 Å². The Morgan fingerprint density at radius 1 is 1.21 bits per heavy atom. The highest BCUT2D eigenvalue weighted by Gasteiger charge is 2.20. The number of para-hydroxylation sites is 1. The number of nitrogens with zero attached hydrogens (tertiary/aromatic N) is 2. The van der Waals surface area contributed by atoms with Gasteiger partial charge in [0.1, 0.15) is 0 Å². The van der Waals surface area contributed by atoms with Gasteiger partial charge in [0.2, 0.25) is 0 Å². The normalized spacial score (nSPS) is 11.0. The molecule has 0 aliphatic carbocycles. The summed E-state index contributed by atoms with van der Waals surface area (Å²) in [5, 5.41) is 0.469. The number of hydrogen-bond donors (Lipinski definition) is 1. The summed E-state index contributed by atoms with van der Waals surface area (Å²) in [5.74, 6) is -0.355. The first kappa shape index (κ1) is 15.9. The number of rotatable bonds is 4. The molecule has 3 aromatic rings. The van der Waals surface area contributed by atoms with Gasteiger partial charge in [0.15, 0.2) is 11.6 Å². The molecule has 0 spiro atoms. The molecular weight excluding hydrogens is 306 g/mol. The molecule has 0 aliphatic rings. The molecule has 0 saturated carbocycles. The molecule has 0 fully saturated rings. The Bertz CT molecular complexity index is 1030. The molecule has 2 aromatic heterocycles. The number of nitrogens with one attached hydrogen (secondary N) is 1. The second-order valence-electron chi connectivity index (χ2n) is 5.80. The fourth-order valence-electron chi connectivity index (χ4n) is 3.01. The summed E-state index contributed by atoms with van der Waals surface area (Å²) in [4.78, 5) is 43.9. The molecule has 0 amide bonds. The maximum absolute atomic E-state index is 12.6. The van der Waals surface area contributed by atoms with Gasteiger partial charge in [-0.2, -0.15) is 0 Å². The van der Waals surface area contributed by atoms with E-state index in [0.29, 0.717) is 33.4 Å². The topological polar surface area (TPSA) is 84.8 Å². The van der Waals surface area contributed by atoms with Crippen LogP contribution in [0.3, 0.4) is 0 Å². The molecule has 122 valence electrons. The first-order valence-corrected chi connectivity index (χ1v) is 7.57. The van der Waals surface area contributed by atoms with Crippen molar-refractivity contribution in [3.8, 4) is 0 Å². The van der Waals surface area contributed by atoms with Gasteiger partial charge in [-0.3, -0.25) is 19.0 Å². The fraction of sp³-hybridized carbons (Fsp3) is 0.222. The lowest BCUT2D eigenvalue weighted by molar-refractivity contribution is 0.0965. The summed E-state index contributed by atoms with van der Waals surface area (Å²) in [7, 11) is 0. The van der Waals surface area contributed by atoms with Crippen molar-refractivity contribution in [1.29, 1.82) is 0 Å². The van der Waals surface area contributed by atoms with Gasteiger partial charge in [0.05, 0.1) is 29.5 Å². The highest BCUT2D eigenvalue weighted by Crippen LogP contribution is 2.19. The number of carbonyl (C=O) groups excluding carboxylic acids is 2. The summed E-state index contributed by atoms with van der Waals surface area (Å²) in [5.41, 5.74) is 2.50. The summed E-state index contributed by atoms with van der Waals surface area (Å²) < 4.78 is 1.29. The fourth-order valence-corrected chi connectivity index (χ4v) is 3.01. The van der Waals surface area contributed by atoms with Crippen molar-refractivity contribution in [2.45, 2.75) is 27.3 Å². The van der Waals surface area contributed by atoms with E-state index in [1.54, 1.807) is 38.1 Å². The van der Waals surface area contributed by atoms with Crippen LogP contribution >= 0.6 is 0 Å². The Morgan fingerprint density at radius 3 is 2.58 bits per heavy atom. The smallest absolute Gasteiger partial charge is 0.261 e. The standard InChI is InChI=1S/C18H17N3O3/c1-10-16(12(3)22)11(2)20-17(10)15(23)8-21-9-19-14-7-5-4-6-13(14)18(21)24/h4-7,9,20H,8H2,1-3H3. The van der Waals surface area contributed by atoms with Crippen LogP contribution in [-0.4, -0.2) is 26.1 Å². The Kier molecular flexibility index (Phi) is 3.89. The predicted molar refractivity (Wildman–Crippen MR) is 90.6 cm³/mol. The van der Waals surface area contributed by atoms with E-state index in [1.165, 1.54) is 17.8 Å². The third kappa shape index (κ3) is 2.56. The van der Waals surface area contributed by atoms with Crippen LogP contribution in [0.25, 0.3) is 10.9 Å². The molecule has 1 aromatic carbocycles. The largest absolute Gasteiger partial charge is 0.355 e. The number of hydrogen-bond acceptors (Lipinski definition) is 4. The van der Waals surface area contributed by atoms with Crippen LogP contribution in [0.15, 0.2) is 35.4 Å². The van der Waals surface area contributed by atoms with E-state index in [4.69, 9.17) is 0 Å². The lowest BCUT2D eigenvalue weighted by atomic mass is 10.1. The van der Waals surface area contributed by atoms with Gasteiger partial charge in [-0.25, -0.2) is 4.98 Å². The van der Waals surface area contributed by atoms with Gasteiger partial charge in [-0.15, -0.1) is 0 Å². The number of fused-ring (bicyclic) bond motifs is 1. The maximum atomic E-state index is 12.6. The van der Waals surface area contributed by atoms with E-state index in [2.05, 4.69) is 9.97 Å². The molecule has 6 nitrogen and oxygen atoms in total. The maximum Gasteiger partial charge on any atom is 0.261 e. The van der Waals surface area contributed by atoms with Gasteiger partial charge in [0, 0.05) is 11.3 Å². The van der Waals surface area contributed by atoms with Crippen molar-refractivity contribution in [3.63, 3.8) is 0 Å². The van der Waals surface area contributed by atoms with Crippen molar-refractivity contribution in [2.75, 3.05) is 0 Å². The van der Waals surface area contributed by atoms with Gasteiger partial charge < -0.3 is 4.98 Å². The molecule has 0 bridgehead atoms. The van der Waals surface area contributed by atoms with E-state index < -0.39 is 0 Å². The second-order valence-corrected chi connectivity index (χ2v) is 5.80. The molecule has 0 saturated heterocycles. The average molecular weight is 323 g/mol. The summed E-state index contributed by atoms with van der Waals surface area (Å²) in [6, 6.07) is 7.00. The van der Waals surface area contributed by atoms with Crippen LogP contribution in [0.2, 0.25) is 0 Å². The van der Waals surface area contributed by atoms with E-state index >= 15 is 0 Å². The molecule has 3 rings (SSSR count). The first-order valence-electron chi connectivity index (χ1n) is 7.57. The van der Waals surface area contributed by atoms with E-state index in [0.717, 1.165) is 0 Å². The van der Waals surface area contributed by atoms with Crippen molar-refractivity contribution < 1.29 is 9.59 Å². The summed E-state index contributed by atoms with van der Waals surface area (Å²) >= 11 is 0. The van der Waals surface area contributed by atoms with Gasteiger partial charge in [-0.05, 0) is 38.5 Å². The monoisotopic (exact) mass is 323 g/mol. The number of aromatic amines is 1. The summed E-state index contributed by atoms with van der Waals surface area (Å²) in [6.45, 7) is 4.82. The summed E-state index contributed by atoms with van der Waals surface area (Å²) in [6.07, 6.45) is 1.37. The zero-order valence-corrected chi connectivity index (χ0v) is 13.7. The number of ketones is 2. The molecule has 6 heteroatoms. The van der Waals surface area contributed by atoms with Gasteiger partial charge in [0.25, 0.3) is 5.56 Å². The molecule has 0 aliphatic heterocycles. The number of aryl methyl sites for hydroxylation is 1. The number of aromatic nitrogens is 3. The molecule has 1 N–H and O–H groups in total. The minimum absolute atomic E-state index is 0.0927. The third-order valence-electron chi connectivity index (χ3n) is 4.11. The molecule has 0 radical (unpaired) electrons. The van der Waals surface area contributed by atoms with Crippen molar-refractivity contribution in [1.82, 2.24) is 14.5 Å². The van der Waals surface area contributed by atoms with Gasteiger partial charge in [-0.1, -0.05) is 12.1 Å². The lowest BCUT2D eigenvalue weighted by Gasteiger charge is -2.06. The Hall–Kier alpha value is -3.02. The van der Waals surface area contributed by atoms with Crippen molar-refractivity contribution >= 4 is 22.5 Å². The van der Waals surface area contributed by atoms with Crippen LogP contribution in [0, 0.1) is 13.8 Å². The molecule has 0 unspecified atom stereocenters. The minimum Gasteiger partial charge on any atom is -0.355 e. The van der Waals surface area contributed by atoms with E-state index in [-0.39, 0.29) is 23.7 Å². The number of carbonyl (C=O) groups is 2. The Balaban J connectivity index is 1.99. The highest BCUT2D eigenvalue weighted by molar-refractivity contribution is 6.03. The molecule has 2 heterocycles. The quantitative estimate of drug-likeness (QED) is 0.747. The predicted octanol–water partition coefficient (Wildman–Crippen LogP) is 2.43. The number of benzene rings is 1.